The number of allylic oxidation sites excluding steroid dienone is 3. The Bertz CT molecular complexity index is 973. The van der Waals surface area contributed by atoms with Crippen molar-refractivity contribution in [1.29, 1.82) is 0 Å². The van der Waals surface area contributed by atoms with E-state index in [0.717, 1.165) is 11.3 Å². The number of anilines is 1. The van der Waals surface area contributed by atoms with Crippen molar-refractivity contribution in [1.82, 2.24) is 0 Å². The maximum Gasteiger partial charge on any atom is 0.211 e. The van der Waals surface area contributed by atoms with Gasteiger partial charge >= 0.3 is 0 Å². The number of carbonyl (C=O) groups is 2. The molecule has 138 valence electrons. The van der Waals surface area contributed by atoms with Gasteiger partial charge in [-0.1, -0.05) is 48.0 Å². The summed E-state index contributed by atoms with van der Waals surface area (Å²) in [5.74, 6) is 0.0817. The summed E-state index contributed by atoms with van der Waals surface area (Å²) in [6, 6.07) is 12.2. The van der Waals surface area contributed by atoms with E-state index < -0.39 is 0 Å². The quantitative estimate of drug-likeness (QED) is 0.748. The van der Waals surface area contributed by atoms with Gasteiger partial charge in [0.2, 0.25) is 11.6 Å². The number of ketones is 2. The summed E-state index contributed by atoms with van der Waals surface area (Å²) in [5, 5.41) is 2.92. The van der Waals surface area contributed by atoms with Gasteiger partial charge in [0.15, 0.2) is 0 Å². The number of fused-ring (bicyclic) bond motifs is 1. The molecule has 0 atom stereocenters. The number of carbonyl (C=O) groups excluding carboxylic acids is 2. The van der Waals surface area contributed by atoms with Gasteiger partial charge in [-0.3, -0.25) is 9.59 Å². The first-order chi connectivity index (χ1) is 12.9. The lowest BCUT2D eigenvalue weighted by atomic mass is 9.92. The fraction of sp³-hybridized carbons (Fsp3) is 0.182. The number of Topliss-reactive ketones (excluding diaryl/α,β-unsaturated/α-hetero) is 2. The van der Waals surface area contributed by atoms with E-state index in [2.05, 4.69) is 5.32 Å². The lowest BCUT2D eigenvalue weighted by Gasteiger charge is -2.20. The van der Waals surface area contributed by atoms with Crippen molar-refractivity contribution in [2.45, 2.75) is 26.9 Å². The Balaban J connectivity index is 1.97. The van der Waals surface area contributed by atoms with Gasteiger partial charge in [-0.25, -0.2) is 0 Å². The van der Waals surface area contributed by atoms with Gasteiger partial charge in [-0.15, -0.1) is 0 Å². The third-order valence-electron chi connectivity index (χ3n) is 4.05. The van der Waals surface area contributed by atoms with Crippen LogP contribution in [0.15, 0.2) is 59.3 Å². The number of hydrogen-bond acceptors (Lipinski definition) is 4. The molecule has 2 aromatic rings. The van der Waals surface area contributed by atoms with E-state index in [4.69, 9.17) is 16.3 Å². The maximum absolute atomic E-state index is 12.8. The van der Waals surface area contributed by atoms with Crippen molar-refractivity contribution >= 4 is 34.9 Å². The first-order valence-corrected chi connectivity index (χ1v) is 9.08. The zero-order valence-electron chi connectivity index (χ0n) is 15.4. The molecule has 0 aliphatic heterocycles. The molecule has 0 saturated carbocycles. The summed E-state index contributed by atoms with van der Waals surface area (Å²) in [7, 11) is 0. The second-order valence-corrected chi connectivity index (χ2v) is 6.81. The maximum atomic E-state index is 12.8. The molecule has 0 spiro atoms. The second-order valence-electron chi connectivity index (χ2n) is 6.44. The highest BCUT2D eigenvalue weighted by atomic mass is 35.5. The van der Waals surface area contributed by atoms with Gasteiger partial charge in [-0.05, 0) is 39.0 Å². The van der Waals surface area contributed by atoms with E-state index in [1.807, 2.05) is 45.1 Å². The predicted molar refractivity (Wildman–Crippen MR) is 109 cm³/mol. The summed E-state index contributed by atoms with van der Waals surface area (Å²) in [4.78, 5) is 25.3. The van der Waals surface area contributed by atoms with Crippen LogP contribution in [0, 0.1) is 0 Å². The van der Waals surface area contributed by atoms with Gasteiger partial charge in [0.1, 0.15) is 16.5 Å². The lowest BCUT2D eigenvalue weighted by Crippen LogP contribution is -2.24. The summed E-state index contributed by atoms with van der Waals surface area (Å²) in [6.45, 7) is 5.83. The first kappa shape index (κ1) is 18.9. The van der Waals surface area contributed by atoms with Crippen LogP contribution in [0.5, 0.6) is 5.75 Å². The standard InChI is InChI=1S/C22H20ClNO3/c1-4-7-14-12-15(10-11-18(14)27-13(2)3)24-20-19(23)21(25)16-8-5-6-9-17(16)22(20)26/h4-13,24H,1-3H3/b7-4-. The number of benzene rings is 2. The largest absolute Gasteiger partial charge is 0.490 e. The first-order valence-electron chi connectivity index (χ1n) is 8.71. The van der Waals surface area contributed by atoms with Crippen LogP contribution in [0.25, 0.3) is 6.08 Å². The molecule has 3 rings (SSSR count). The molecule has 0 amide bonds. The van der Waals surface area contributed by atoms with Crippen LogP contribution < -0.4 is 10.1 Å². The minimum atomic E-state index is -0.359. The molecule has 0 aromatic heterocycles. The Kier molecular flexibility index (Phi) is 5.47. The van der Waals surface area contributed by atoms with Crippen LogP contribution in [0.4, 0.5) is 5.69 Å². The van der Waals surface area contributed by atoms with E-state index in [1.165, 1.54) is 0 Å². The molecule has 0 unspecified atom stereocenters. The molecule has 5 heteroatoms. The van der Waals surface area contributed by atoms with Gasteiger partial charge in [0.05, 0.1) is 6.10 Å². The van der Waals surface area contributed by atoms with E-state index in [-0.39, 0.29) is 28.4 Å². The highest BCUT2D eigenvalue weighted by molar-refractivity contribution is 6.50. The van der Waals surface area contributed by atoms with E-state index >= 15 is 0 Å². The van der Waals surface area contributed by atoms with Crippen LogP contribution in [0.2, 0.25) is 0 Å². The molecule has 0 fully saturated rings. The highest BCUT2D eigenvalue weighted by Crippen LogP contribution is 2.31. The fourth-order valence-corrected chi connectivity index (χ4v) is 3.13. The van der Waals surface area contributed by atoms with E-state index in [0.29, 0.717) is 16.8 Å². The Labute approximate surface area is 163 Å². The van der Waals surface area contributed by atoms with Crippen molar-refractivity contribution in [2.24, 2.45) is 0 Å². The van der Waals surface area contributed by atoms with Crippen molar-refractivity contribution in [3.05, 3.63) is 76.0 Å². The number of rotatable bonds is 5. The molecule has 1 aliphatic carbocycles. The molecule has 1 N–H and O–H groups in total. The third kappa shape index (κ3) is 3.81. The molecule has 0 radical (unpaired) electrons. The number of ether oxygens (including phenoxy) is 1. The van der Waals surface area contributed by atoms with Crippen LogP contribution in [0.1, 0.15) is 47.1 Å². The average Bonchev–Trinajstić information content (AvgIpc) is 2.65. The molecule has 0 heterocycles. The van der Waals surface area contributed by atoms with E-state index in [9.17, 15) is 9.59 Å². The van der Waals surface area contributed by atoms with Crippen molar-refractivity contribution < 1.29 is 14.3 Å². The van der Waals surface area contributed by atoms with Gasteiger partial charge in [0.25, 0.3) is 0 Å². The average molecular weight is 382 g/mol. The van der Waals surface area contributed by atoms with Crippen LogP contribution in [-0.2, 0) is 0 Å². The molecule has 1 aliphatic rings. The Morgan fingerprint density at radius 1 is 1.04 bits per heavy atom. The van der Waals surface area contributed by atoms with Gasteiger partial charge < -0.3 is 10.1 Å². The summed E-state index contributed by atoms with van der Waals surface area (Å²) >= 11 is 6.21. The van der Waals surface area contributed by atoms with Gasteiger partial charge in [0, 0.05) is 22.4 Å². The normalized spacial score (nSPS) is 14.1. The Morgan fingerprint density at radius 3 is 2.33 bits per heavy atom. The Hall–Kier alpha value is -2.85. The van der Waals surface area contributed by atoms with Crippen molar-refractivity contribution in [3.8, 4) is 5.75 Å². The number of halogens is 1. The van der Waals surface area contributed by atoms with Crippen molar-refractivity contribution in [3.63, 3.8) is 0 Å². The highest BCUT2D eigenvalue weighted by Gasteiger charge is 2.31. The zero-order chi connectivity index (χ0) is 19.6. The molecule has 27 heavy (non-hydrogen) atoms. The monoisotopic (exact) mass is 381 g/mol. The van der Waals surface area contributed by atoms with Crippen LogP contribution >= 0.6 is 11.6 Å². The second kappa shape index (κ2) is 7.80. The third-order valence-corrected chi connectivity index (χ3v) is 4.41. The number of nitrogens with one attached hydrogen (secondary N) is 1. The number of hydrogen-bond donors (Lipinski definition) is 1. The van der Waals surface area contributed by atoms with Gasteiger partial charge in [-0.2, -0.15) is 0 Å². The molecule has 0 saturated heterocycles. The topological polar surface area (TPSA) is 55.4 Å². The molecular weight excluding hydrogens is 362 g/mol. The predicted octanol–water partition coefficient (Wildman–Crippen LogP) is 5.45. The van der Waals surface area contributed by atoms with Crippen LogP contribution in [-0.4, -0.2) is 17.7 Å². The molecular formula is C22H20ClNO3. The summed E-state index contributed by atoms with van der Waals surface area (Å²) in [6.07, 6.45) is 3.87. The smallest absolute Gasteiger partial charge is 0.211 e. The molecule has 2 aromatic carbocycles. The lowest BCUT2D eigenvalue weighted by molar-refractivity contribution is 0.0982. The molecule has 4 nitrogen and oxygen atoms in total. The minimum Gasteiger partial charge on any atom is -0.490 e. The van der Waals surface area contributed by atoms with Crippen LogP contribution in [0.3, 0.4) is 0 Å². The Morgan fingerprint density at radius 2 is 1.70 bits per heavy atom. The minimum absolute atomic E-state index is 0.0408. The molecule has 0 bridgehead atoms. The SMILES string of the molecule is C/C=C\c1cc(NC2=C(Cl)C(=O)c3ccccc3C2=O)ccc1OC(C)C. The fourth-order valence-electron chi connectivity index (χ4n) is 2.90. The zero-order valence-corrected chi connectivity index (χ0v) is 16.1. The summed E-state index contributed by atoms with van der Waals surface area (Å²) < 4.78 is 5.81. The summed E-state index contributed by atoms with van der Waals surface area (Å²) in [5.41, 5.74) is 2.27. The van der Waals surface area contributed by atoms with E-state index in [1.54, 1.807) is 30.3 Å². The van der Waals surface area contributed by atoms with Crippen molar-refractivity contribution in [2.75, 3.05) is 5.32 Å².